The second kappa shape index (κ2) is 2.62. The minimum atomic E-state index is 0.674. The van der Waals surface area contributed by atoms with E-state index in [4.69, 9.17) is 0 Å². The molecule has 0 radical (unpaired) electrons. The van der Waals surface area contributed by atoms with Gasteiger partial charge in [0.15, 0.2) is 0 Å². The third kappa shape index (κ3) is 1.04. The predicted octanol–water partition coefficient (Wildman–Crippen LogP) is 4.02. The van der Waals surface area contributed by atoms with Gasteiger partial charge in [0.1, 0.15) is 0 Å². The first-order valence-electron chi connectivity index (χ1n) is 5.77. The molecule has 0 heteroatoms. The Labute approximate surface area is 82.4 Å². The van der Waals surface area contributed by atoms with Crippen LogP contribution in [0.4, 0.5) is 0 Å². The van der Waals surface area contributed by atoms with Gasteiger partial charge in [-0.2, -0.15) is 0 Å². The van der Waals surface area contributed by atoms with Crippen LogP contribution >= 0.6 is 0 Å². The van der Waals surface area contributed by atoms with Gasteiger partial charge in [-0.25, -0.2) is 0 Å². The quantitative estimate of drug-likeness (QED) is 0.570. The predicted molar refractivity (Wildman–Crippen MR) is 57.5 cm³/mol. The van der Waals surface area contributed by atoms with Gasteiger partial charge in [0, 0.05) is 0 Å². The molecule has 0 amide bonds. The minimum Gasteiger partial charge on any atom is -0.0882 e. The zero-order valence-corrected chi connectivity index (χ0v) is 9.43. The number of allylic oxidation sites excluding steroid dienone is 2. The van der Waals surface area contributed by atoms with E-state index in [1.807, 2.05) is 0 Å². The van der Waals surface area contributed by atoms with Crippen molar-refractivity contribution in [2.24, 2.45) is 22.7 Å². The molecule has 2 saturated carbocycles. The second-order valence-corrected chi connectivity index (χ2v) is 5.50. The molecule has 2 rings (SSSR count). The van der Waals surface area contributed by atoms with E-state index in [0.29, 0.717) is 5.41 Å². The Bertz CT molecular complexity index is 238. The molecule has 13 heavy (non-hydrogen) atoms. The molecule has 2 fully saturated rings. The van der Waals surface area contributed by atoms with E-state index in [-0.39, 0.29) is 0 Å². The first-order chi connectivity index (χ1) is 6.09. The summed E-state index contributed by atoms with van der Waals surface area (Å²) >= 11 is 0. The van der Waals surface area contributed by atoms with Crippen molar-refractivity contribution in [3.8, 4) is 0 Å². The van der Waals surface area contributed by atoms with Gasteiger partial charge in [0.2, 0.25) is 0 Å². The van der Waals surface area contributed by atoms with Crippen LogP contribution in [0.5, 0.6) is 0 Å². The summed E-state index contributed by atoms with van der Waals surface area (Å²) in [5.74, 6) is 1.85. The van der Waals surface area contributed by atoms with Crippen molar-refractivity contribution >= 4 is 0 Å². The largest absolute Gasteiger partial charge is 0.0882 e. The van der Waals surface area contributed by atoms with Crippen molar-refractivity contribution < 1.29 is 0 Å². The van der Waals surface area contributed by atoms with Crippen LogP contribution in [0.2, 0.25) is 0 Å². The lowest BCUT2D eigenvalue weighted by molar-refractivity contribution is 0.412. The van der Waals surface area contributed by atoms with E-state index >= 15 is 0 Å². The average molecular weight is 178 g/mol. The lowest BCUT2D eigenvalue weighted by atomic mass is 9.96. The SMILES string of the molecule is CCC=CC12CC1(CC(C)C)C2C. The first kappa shape index (κ1) is 9.30. The highest BCUT2D eigenvalue weighted by molar-refractivity contribution is 5.41. The van der Waals surface area contributed by atoms with Gasteiger partial charge in [-0.05, 0) is 41.9 Å². The fourth-order valence-electron chi connectivity index (χ4n) is 3.45. The first-order valence-corrected chi connectivity index (χ1v) is 5.77. The van der Waals surface area contributed by atoms with Gasteiger partial charge in [-0.15, -0.1) is 0 Å². The number of fused-ring (bicyclic) bond motifs is 1. The van der Waals surface area contributed by atoms with Crippen molar-refractivity contribution in [1.29, 1.82) is 0 Å². The molecule has 0 nitrogen and oxygen atoms in total. The minimum absolute atomic E-state index is 0.674. The zero-order valence-electron chi connectivity index (χ0n) is 9.43. The third-order valence-corrected chi connectivity index (χ3v) is 4.35. The fourth-order valence-corrected chi connectivity index (χ4v) is 3.45. The molecule has 0 spiro atoms. The van der Waals surface area contributed by atoms with Crippen LogP contribution in [-0.2, 0) is 0 Å². The highest BCUT2D eigenvalue weighted by atomic mass is 14.9. The molecule has 0 aromatic carbocycles. The Morgan fingerprint density at radius 1 is 1.46 bits per heavy atom. The number of rotatable bonds is 4. The summed E-state index contributed by atoms with van der Waals surface area (Å²) in [5, 5.41) is 0. The number of hydrogen-bond acceptors (Lipinski definition) is 0. The van der Waals surface area contributed by atoms with Gasteiger partial charge in [0.25, 0.3) is 0 Å². The van der Waals surface area contributed by atoms with Crippen molar-refractivity contribution in [2.45, 2.75) is 47.0 Å². The molecule has 0 aromatic heterocycles. The zero-order chi connectivity index (χ0) is 9.69. The van der Waals surface area contributed by atoms with Crippen molar-refractivity contribution in [1.82, 2.24) is 0 Å². The number of hydrogen-bond donors (Lipinski definition) is 0. The topological polar surface area (TPSA) is 0 Å². The Morgan fingerprint density at radius 2 is 2.15 bits per heavy atom. The summed E-state index contributed by atoms with van der Waals surface area (Å²) in [6, 6.07) is 0. The van der Waals surface area contributed by atoms with Gasteiger partial charge in [-0.1, -0.05) is 39.8 Å². The second-order valence-electron chi connectivity index (χ2n) is 5.50. The maximum absolute atomic E-state index is 2.51. The van der Waals surface area contributed by atoms with E-state index < -0.39 is 0 Å². The Balaban J connectivity index is 1.98. The Hall–Kier alpha value is -0.260. The molecule has 74 valence electrons. The Kier molecular flexibility index (Phi) is 1.87. The normalized spacial score (nSPS) is 47.0. The summed E-state index contributed by atoms with van der Waals surface area (Å²) in [6.07, 6.45) is 9.01. The highest BCUT2D eigenvalue weighted by Crippen LogP contribution is 2.92. The van der Waals surface area contributed by atoms with E-state index in [9.17, 15) is 0 Å². The summed E-state index contributed by atoms with van der Waals surface area (Å²) in [4.78, 5) is 0. The molecule has 3 unspecified atom stereocenters. The van der Waals surface area contributed by atoms with E-state index in [1.54, 1.807) is 0 Å². The molecule has 0 saturated heterocycles. The monoisotopic (exact) mass is 178 g/mol. The summed E-state index contributed by atoms with van der Waals surface area (Å²) in [7, 11) is 0. The summed E-state index contributed by atoms with van der Waals surface area (Å²) in [6.45, 7) is 9.37. The maximum Gasteiger partial charge on any atom is -0.00217 e. The van der Waals surface area contributed by atoms with Gasteiger partial charge < -0.3 is 0 Å². The standard InChI is InChI=1S/C13H22/c1-5-6-7-12-9-13(12,11(12)4)8-10(2)3/h6-7,10-11H,5,8-9H2,1-4H3. The van der Waals surface area contributed by atoms with Gasteiger partial charge in [0.05, 0.1) is 0 Å². The molecule has 0 aromatic rings. The molecule has 2 aliphatic carbocycles. The van der Waals surface area contributed by atoms with Crippen molar-refractivity contribution in [2.75, 3.05) is 0 Å². The lowest BCUT2D eigenvalue weighted by Crippen LogP contribution is -2.00. The van der Waals surface area contributed by atoms with Crippen LogP contribution in [0.3, 0.4) is 0 Å². The van der Waals surface area contributed by atoms with Crippen LogP contribution < -0.4 is 0 Å². The van der Waals surface area contributed by atoms with Crippen LogP contribution in [0.1, 0.15) is 47.0 Å². The van der Waals surface area contributed by atoms with Gasteiger partial charge in [-0.3, -0.25) is 0 Å². The average Bonchev–Trinajstić information content (AvgIpc) is 2.84. The summed E-state index contributed by atoms with van der Waals surface area (Å²) in [5.41, 5.74) is 1.43. The lowest BCUT2D eigenvalue weighted by Gasteiger charge is -2.09. The van der Waals surface area contributed by atoms with Crippen LogP contribution in [0.25, 0.3) is 0 Å². The molecule has 0 heterocycles. The highest BCUT2D eigenvalue weighted by Gasteiger charge is 2.86. The third-order valence-electron chi connectivity index (χ3n) is 4.35. The molecular formula is C13H22. The van der Waals surface area contributed by atoms with E-state index in [1.165, 1.54) is 19.3 Å². The summed E-state index contributed by atoms with van der Waals surface area (Å²) < 4.78 is 0. The van der Waals surface area contributed by atoms with E-state index in [2.05, 4.69) is 39.8 Å². The molecule has 3 atom stereocenters. The van der Waals surface area contributed by atoms with Gasteiger partial charge >= 0.3 is 0 Å². The molecular weight excluding hydrogens is 156 g/mol. The van der Waals surface area contributed by atoms with Crippen molar-refractivity contribution in [3.05, 3.63) is 12.2 Å². The molecule has 2 aliphatic rings. The molecule has 0 aliphatic heterocycles. The van der Waals surface area contributed by atoms with Crippen LogP contribution in [0, 0.1) is 22.7 Å². The Morgan fingerprint density at radius 3 is 2.62 bits per heavy atom. The van der Waals surface area contributed by atoms with Crippen LogP contribution in [-0.4, -0.2) is 0 Å². The van der Waals surface area contributed by atoms with E-state index in [0.717, 1.165) is 17.3 Å². The van der Waals surface area contributed by atoms with Crippen LogP contribution in [0.15, 0.2) is 12.2 Å². The smallest absolute Gasteiger partial charge is 0.00217 e. The fraction of sp³-hybridized carbons (Fsp3) is 0.846. The molecule has 0 bridgehead atoms. The molecule has 0 N–H and O–H groups in total. The maximum atomic E-state index is 2.51. The van der Waals surface area contributed by atoms with Crippen molar-refractivity contribution in [3.63, 3.8) is 0 Å².